The highest BCUT2D eigenvalue weighted by Crippen LogP contribution is 2.29. The number of nitrogens with zero attached hydrogens (tertiary/aromatic N) is 3. The fourth-order valence-electron chi connectivity index (χ4n) is 2.73. The van der Waals surface area contributed by atoms with Gasteiger partial charge in [-0.15, -0.1) is 5.10 Å². The second-order valence-corrected chi connectivity index (χ2v) is 6.43. The Balaban J connectivity index is 1.77. The summed E-state index contributed by atoms with van der Waals surface area (Å²) < 4.78 is 13.7. The molecule has 0 aliphatic rings. The molecule has 0 fully saturated rings. The van der Waals surface area contributed by atoms with E-state index in [9.17, 15) is 4.39 Å². The van der Waals surface area contributed by atoms with E-state index < -0.39 is 0 Å². The van der Waals surface area contributed by atoms with E-state index in [0.29, 0.717) is 29.8 Å². The van der Waals surface area contributed by atoms with Crippen molar-refractivity contribution >= 4 is 17.5 Å². The van der Waals surface area contributed by atoms with Gasteiger partial charge < -0.3 is 10.6 Å². The summed E-state index contributed by atoms with van der Waals surface area (Å²) in [6.07, 6.45) is 1.57. The first kappa shape index (κ1) is 17.8. The number of nitrogens with one attached hydrogen (secondary N) is 2. The van der Waals surface area contributed by atoms with E-state index in [0.717, 1.165) is 11.3 Å². The molecule has 1 heterocycles. The predicted octanol–water partition coefficient (Wildman–Crippen LogP) is 4.80. The van der Waals surface area contributed by atoms with E-state index in [1.54, 1.807) is 24.4 Å². The molecular formula is C20H22FN5. The Morgan fingerprint density at radius 1 is 1.08 bits per heavy atom. The third-order valence-electron chi connectivity index (χ3n) is 4.13. The first-order valence-corrected chi connectivity index (χ1v) is 8.58. The second kappa shape index (κ2) is 7.91. The Bertz CT molecular complexity index is 895. The molecule has 0 saturated heterocycles. The maximum Gasteiger partial charge on any atom is 0.244 e. The average molecular weight is 351 g/mol. The van der Waals surface area contributed by atoms with Crippen molar-refractivity contribution in [2.45, 2.75) is 33.2 Å². The quantitative estimate of drug-likeness (QED) is 0.668. The van der Waals surface area contributed by atoms with Crippen LogP contribution in [0.25, 0.3) is 0 Å². The lowest BCUT2D eigenvalue weighted by Crippen LogP contribution is -2.08. The molecule has 1 aromatic heterocycles. The Hall–Kier alpha value is -3.02. The minimum atomic E-state index is -0.260. The summed E-state index contributed by atoms with van der Waals surface area (Å²) in [6.45, 7) is 6.65. The predicted molar refractivity (Wildman–Crippen MR) is 102 cm³/mol. The molecule has 0 aliphatic heterocycles. The number of hydrogen-bond donors (Lipinski definition) is 2. The summed E-state index contributed by atoms with van der Waals surface area (Å²) in [4.78, 5) is 4.44. The van der Waals surface area contributed by atoms with Gasteiger partial charge >= 0.3 is 0 Å². The van der Waals surface area contributed by atoms with E-state index in [2.05, 4.69) is 64.8 Å². The van der Waals surface area contributed by atoms with Crippen LogP contribution in [0.15, 0.2) is 48.7 Å². The van der Waals surface area contributed by atoms with E-state index >= 15 is 0 Å². The van der Waals surface area contributed by atoms with Gasteiger partial charge in [0.05, 0.1) is 6.20 Å². The minimum Gasteiger partial charge on any atom is -0.349 e. The van der Waals surface area contributed by atoms with Gasteiger partial charge in [-0.2, -0.15) is 10.1 Å². The summed E-state index contributed by atoms with van der Waals surface area (Å²) >= 11 is 0. The van der Waals surface area contributed by atoms with Crippen LogP contribution in [-0.2, 0) is 6.54 Å². The zero-order valence-corrected chi connectivity index (χ0v) is 15.1. The molecule has 0 unspecified atom stereocenters. The molecule has 0 aliphatic carbocycles. The van der Waals surface area contributed by atoms with Crippen molar-refractivity contribution in [1.29, 1.82) is 0 Å². The lowest BCUT2D eigenvalue weighted by Gasteiger charge is -2.16. The number of anilines is 3. The third-order valence-corrected chi connectivity index (χ3v) is 4.13. The Morgan fingerprint density at radius 3 is 2.65 bits per heavy atom. The van der Waals surface area contributed by atoms with Gasteiger partial charge in [0.2, 0.25) is 5.95 Å². The fourth-order valence-corrected chi connectivity index (χ4v) is 2.73. The monoisotopic (exact) mass is 351 g/mol. The molecule has 134 valence electrons. The summed E-state index contributed by atoms with van der Waals surface area (Å²) in [5.41, 5.74) is 3.93. The van der Waals surface area contributed by atoms with Crippen molar-refractivity contribution in [2.75, 3.05) is 10.6 Å². The van der Waals surface area contributed by atoms with Gasteiger partial charge in [-0.3, -0.25) is 0 Å². The van der Waals surface area contributed by atoms with Crippen molar-refractivity contribution in [3.05, 3.63) is 71.2 Å². The summed E-state index contributed by atoms with van der Waals surface area (Å²) in [6, 6.07) is 12.8. The lowest BCUT2D eigenvalue weighted by atomic mass is 9.98. The molecule has 0 radical (unpaired) electrons. The van der Waals surface area contributed by atoms with Crippen LogP contribution in [-0.4, -0.2) is 15.2 Å². The number of aromatic nitrogens is 3. The van der Waals surface area contributed by atoms with Crippen molar-refractivity contribution in [3.63, 3.8) is 0 Å². The molecule has 26 heavy (non-hydrogen) atoms. The topological polar surface area (TPSA) is 62.7 Å². The van der Waals surface area contributed by atoms with Gasteiger partial charge in [0.15, 0.2) is 5.82 Å². The number of para-hydroxylation sites is 1. The Kier molecular flexibility index (Phi) is 5.41. The van der Waals surface area contributed by atoms with Gasteiger partial charge in [0.1, 0.15) is 5.82 Å². The minimum absolute atomic E-state index is 0.260. The summed E-state index contributed by atoms with van der Waals surface area (Å²) in [7, 11) is 0. The first-order chi connectivity index (χ1) is 12.5. The number of halogens is 1. The van der Waals surface area contributed by atoms with Crippen LogP contribution in [0.3, 0.4) is 0 Å². The molecule has 3 rings (SSSR count). The SMILES string of the molecule is Cc1cccc(C(C)C)c1Nc1cnnc(NCc2ccccc2F)n1. The highest BCUT2D eigenvalue weighted by molar-refractivity contribution is 5.65. The average Bonchev–Trinajstić information content (AvgIpc) is 2.63. The van der Waals surface area contributed by atoms with E-state index in [1.165, 1.54) is 11.6 Å². The third kappa shape index (κ3) is 4.14. The fraction of sp³-hybridized carbons (Fsp3) is 0.250. The Morgan fingerprint density at radius 2 is 1.88 bits per heavy atom. The standard InChI is InChI=1S/C20H22FN5/c1-13(2)16-9-6-7-14(3)19(16)24-18-12-23-26-20(25-18)22-11-15-8-4-5-10-17(15)21/h4-10,12-13H,11H2,1-3H3,(H2,22,24,25,26). The van der Waals surface area contributed by atoms with Gasteiger partial charge in [-0.25, -0.2) is 4.39 Å². The molecular weight excluding hydrogens is 329 g/mol. The number of rotatable bonds is 6. The van der Waals surface area contributed by atoms with Gasteiger partial charge in [-0.1, -0.05) is 50.2 Å². The van der Waals surface area contributed by atoms with Crippen molar-refractivity contribution in [1.82, 2.24) is 15.2 Å². The molecule has 2 N–H and O–H groups in total. The maximum atomic E-state index is 13.7. The molecule has 0 spiro atoms. The largest absolute Gasteiger partial charge is 0.349 e. The van der Waals surface area contributed by atoms with Crippen molar-refractivity contribution in [2.24, 2.45) is 0 Å². The molecule has 0 bridgehead atoms. The van der Waals surface area contributed by atoms with Gasteiger partial charge in [-0.05, 0) is 30.0 Å². The van der Waals surface area contributed by atoms with E-state index in [1.807, 2.05) is 0 Å². The number of benzene rings is 2. The summed E-state index contributed by atoms with van der Waals surface area (Å²) in [5, 5.41) is 14.3. The van der Waals surface area contributed by atoms with Gasteiger partial charge in [0.25, 0.3) is 0 Å². The van der Waals surface area contributed by atoms with Crippen LogP contribution in [0, 0.1) is 12.7 Å². The van der Waals surface area contributed by atoms with E-state index in [-0.39, 0.29) is 5.82 Å². The molecule has 3 aromatic rings. The zero-order valence-electron chi connectivity index (χ0n) is 15.1. The molecule has 6 heteroatoms. The summed E-state index contributed by atoms with van der Waals surface area (Å²) in [5.74, 6) is 1.06. The smallest absolute Gasteiger partial charge is 0.244 e. The molecule has 5 nitrogen and oxygen atoms in total. The van der Waals surface area contributed by atoms with Crippen molar-refractivity contribution < 1.29 is 4.39 Å². The van der Waals surface area contributed by atoms with Gasteiger partial charge in [0, 0.05) is 17.8 Å². The number of aryl methyl sites for hydroxylation is 1. The second-order valence-electron chi connectivity index (χ2n) is 6.43. The van der Waals surface area contributed by atoms with Crippen LogP contribution < -0.4 is 10.6 Å². The first-order valence-electron chi connectivity index (χ1n) is 8.58. The highest BCUT2D eigenvalue weighted by atomic mass is 19.1. The highest BCUT2D eigenvalue weighted by Gasteiger charge is 2.11. The molecule has 0 amide bonds. The van der Waals surface area contributed by atoms with Crippen LogP contribution >= 0.6 is 0 Å². The van der Waals surface area contributed by atoms with Crippen molar-refractivity contribution in [3.8, 4) is 0 Å². The lowest BCUT2D eigenvalue weighted by molar-refractivity contribution is 0.612. The molecule has 2 aromatic carbocycles. The maximum absolute atomic E-state index is 13.7. The molecule has 0 saturated carbocycles. The van der Waals surface area contributed by atoms with Crippen LogP contribution in [0.5, 0.6) is 0 Å². The van der Waals surface area contributed by atoms with E-state index in [4.69, 9.17) is 0 Å². The normalized spacial score (nSPS) is 10.8. The number of hydrogen-bond acceptors (Lipinski definition) is 5. The van der Waals surface area contributed by atoms with Crippen LogP contribution in [0.2, 0.25) is 0 Å². The zero-order chi connectivity index (χ0) is 18.5. The van der Waals surface area contributed by atoms with Crippen LogP contribution in [0.1, 0.15) is 36.5 Å². The van der Waals surface area contributed by atoms with Crippen LogP contribution in [0.4, 0.5) is 21.8 Å². The Labute approximate surface area is 152 Å². The molecule has 0 atom stereocenters.